The number of pyridine rings is 1. The third-order valence-electron chi connectivity index (χ3n) is 12.4. The number of nitrogens with one attached hydrogen (secondary N) is 1. The molecule has 0 radical (unpaired) electrons. The molecule has 20 heteroatoms. The van der Waals surface area contributed by atoms with Crippen molar-refractivity contribution < 1.29 is 56.4 Å². The van der Waals surface area contributed by atoms with Gasteiger partial charge in [-0.25, -0.2) is 19.3 Å². The number of fused-ring (bicyclic) bond motifs is 1. The number of rotatable bonds is 37. The number of anilines is 2. The van der Waals surface area contributed by atoms with Crippen LogP contribution in [0, 0.1) is 0 Å². The first-order chi connectivity index (χ1) is 36.0. The van der Waals surface area contributed by atoms with Crippen molar-refractivity contribution in [3.05, 3.63) is 83.8 Å². The quantitative estimate of drug-likeness (QED) is 0.00724. The molecule has 2 aromatic carbocycles. The van der Waals surface area contributed by atoms with Crippen molar-refractivity contribution in [2.24, 2.45) is 17.8 Å². The molecule has 2 atom stereocenters. The summed E-state index contributed by atoms with van der Waals surface area (Å²) in [7, 11) is 3.07. The molecule has 2 unspecified atom stereocenters. The molecule has 19 nitrogen and oxygen atoms in total. The summed E-state index contributed by atoms with van der Waals surface area (Å²) in [5.41, 5.74) is 9.05. The monoisotopic (exact) mass is 1060 g/mol. The number of hydrogen-bond donors (Lipinski definition) is 3. The number of aromatic nitrogens is 3. The smallest absolute Gasteiger partial charge is 0.462 e. The zero-order chi connectivity index (χ0) is 54.5. The van der Waals surface area contributed by atoms with Gasteiger partial charge in [-0.1, -0.05) is 110 Å². The number of nitrogens with zero attached hydrogens (tertiary/aromatic N) is 6. The van der Waals surface area contributed by atoms with Crippen molar-refractivity contribution in [2.75, 3.05) is 70.9 Å². The molecular weight excluding hydrogens is 980 g/mol. The van der Waals surface area contributed by atoms with Gasteiger partial charge in [0.1, 0.15) is 37.2 Å². The minimum absolute atomic E-state index is 0.0524. The van der Waals surface area contributed by atoms with E-state index in [1.807, 2.05) is 51.8 Å². The number of nitrogens with two attached hydrogens (primary N) is 1. The molecular formula is C55H84N8O11P+. The highest BCUT2D eigenvalue weighted by Gasteiger charge is 2.28. The van der Waals surface area contributed by atoms with Gasteiger partial charge in [-0.15, -0.1) is 0 Å². The second-order valence-electron chi connectivity index (χ2n) is 19.8. The van der Waals surface area contributed by atoms with E-state index >= 15 is 0 Å². The molecule has 0 spiro atoms. The molecule has 0 saturated heterocycles. The zero-order valence-corrected chi connectivity index (χ0v) is 46.2. The summed E-state index contributed by atoms with van der Waals surface area (Å²) in [5.74, 6) is -0.638. The normalized spacial score (nSPS) is 13.0. The maximum absolute atomic E-state index is 14.2. The lowest BCUT2D eigenvalue weighted by atomic mass is 10.0. The van der Waals surface area contributed by atoms with Crippen LogP contribution in [0.2, 0.25) is 0 Å². The number of amidine groups is 1. The maximum atomic E-state index is 14.2. The highest BCUT2D eigenvalue weighted by atomic mass is 31.2. The average molecular weight is 1060 g/mol. The van der Waals surface area contributed by atoms with Crippen LogP contribution in [0.4, 0.5) is 16.3 Å². The van der Waals surface area contributed by atoms with Crippen LogP contribution in [0.3, 0.4) is 0 Å². The third kappa shape index (κ3) is 24.2. The van der Waals surface area contributed by atoms with E-state index in [9.17, 15) is 28.6 Å². The number of likely N-dealkylation sites (N-methyl/N-ethyl adjacent to an activating group) is 1. The number of amides is 2. The molecule has 4 N–H and O–H groups in total. The van der Waals surface area contributed by atoms with Crippen molar-refractivity contribution in [1.29, 1.82) is 0 Å². The number of quaternary nitrogens is 1. The minimum Gasteiger partial charge on any atom is -0.462 e. The first-order valence-electron chi connectivity index (χ1n) is 26.8. The van der Waals surface area contributed by atoms with E-state index in [1.54, 1.807) is 54.7 Å². The molecule has 414 valence electrons. The Labute approximate surface area is 444 Å². The van der Waals surface area contributed by atoms with Crippen LogP contribution in [-0.2, 0) is 51.0 Å². The fraction of sp³-hybridized carbons (Fsp3) is 0.582. The van der Waals surface area contributed by atoms with Crippen LogP contribution in [-0.4, -0.2) is 120 Å². The summed E-state index contributed by atoms with van der Waals surface area (Å²) in [5, 5.41) is 3.34. The van der Waals surface area contributed by atoms with E-state index in [1.165, 1.54) is 69.1 Å². The van der Waals surface area contributed by atoms with Crippen molar-refractivity contribution in [2.45, 2.75) is 142 Å². The van der Waals surface area contributed by atoms with Gasteiger partial charge < -0.3 is 39.2 Å². The highest BCUT2D eigenvalue weighted by Crippen LogP contribution is 2.43. The van der Waals surface area contributed by atoms with Crippen LogP contribution in [0.15, 0.2) is 71.9 Å². The van der Waals surface area contributed by atoms with Crippen LogP contribution in [0.5, 0.6) is 0 Å². The van der Waals surface area contributed by atoms with Crippen LogP contribution in [0.25, 0.3) is 11.0 Å². The predicted molar refractivity (Wildman–Crippen MR) is 292 cm³/mol. The van der Waals surface area contributed by atoms with Crippen LogP contribution >= 0.6 is 7.82 Å². The van der Waals surface area contributed by atoms with Crippen molar-refractivity contribution in [1.82, 2.24) is 14.5 Å². The third-order valence-corrected chi connectivity index (χ3v) is 13.4. The number of carbonyl (C=O) groups excluding carboxylic acids is 4. The number of imidazole rings is 1. The second kappa shape index (κ2) is 33.3. The van der Waals surface area contributed by atoms with Gasteiger partial charge in [-0.05, 0) is 67.4 Å². The van der Waals surface area contributed by atoms with E-state index in [0.29, 0.717) is 52.3 Å². The predicted octanol–water partition coefficient (Wildman–Crippen LogP) is 10.4. The number of carbonyl (C=O) groups is 4. The van der Waals surface area contributed by atoms with Gasteiger partial charge >= 0.3 is 25.9 Å². The van der Waals surface area contributed by atoms with E-state index in [4.69, 9.17) is 34.0 Å². The number of phosphoric acid groups is 1. The lowest BCUT2D eigenvalue weighted by Gasteiger charge is -2.24. The van der Waals surface area contributed by atoms with Gasteiger partial charge in [0.05, 0.1) is 58.4 Å². The maximum Gasteiger partial charge on any atom is 0.472 e. The Bertz CT molecular complexity index is 2430. The Kier molecular flexibility index (Phi) is 27.5. The largest absolute Gasteiger partial charge is 0.472 e. The number of hydrogen-bond acceptors (Lipinski definition) is 13. The van der Waals surface area contributed by atoms with E-state index in [2.05, 4.69) is 22.2 Å². The van der Waals surface area contributed by atoms with Crippen molar-refractivity contribution in [3.63, 3.8) is 0 Å². The van der Waals surface area contributed by atoms with Gasteiger partial charge in [0.25, 0.3) is 5.91 Å². The van der Waals surface area contributed by atoms with Crippen molar-refractivity contribution >= 4 is 60.1 Å². The summed E-state index contributed by atoms with van der Waals surface area (Å²) in [6.07, 6.45) is 17.6. The number of esters is 2. The molecule has 0 aliphatic rings. The Morgan fingerprint density at radius 2 is 1.41 bits per heavy atom. The number of aliphatic imine (C=N–C) groups is 1. The van der Waals surface area contributed by atoms with Gasteiger partial charge in [0.2, 0.25) is 0 Å². The summed E-state index contributed by atoms with van der Waals surface area (Å²) < 4.78 is 41.8. The van der Waals surface area contributed by atoms with Gasteiger partial charge in [0, 0.05) is 43.0 Å². The zero-order valence-electron chi connectivity index (χ0n) is 45.3. The molecule has 4 aromatic rings. The molecule has 0 aliphatic heterocycles. The number of ether oxygens (including phenoxy) is 3. The molecule has 0 aliphatic carbocycles. The molecule has 2 amide bonds. The molecule has 4 rings (SSSR count). The second-order valence-corrected chi connectivity index (χ2v) is 21.3. The fourth-order valence-electron chi connectivity index (χ4n) is 7.90. The standard InChI is InChI=1S/C55H83N8O11P/c1-7-9-11-12-13-14-15-16-17-18-19-20-21-22-26-52(65)74-46(42-73-75(68,69)72-38-36-63(4,5)6)41-71-51(64)33-35-62(49-25-23-24-34-57-49)54(66)44-29-32-48-47(39-44)59-50(61(48)3)40-58-45-30-27-43(28-31-45)53(56)60-55(67)70-37-10-8-2/h23-25,27-32,34,39,46H,7-22,26,33,35-38,40-42H2,1-6H3,(H3-,56,58,60,67,68,69)/p+1. The first-order valence-corrected chi connectivity index (χ1v) is 28.3. The van der Waals surface area contributed by atoms with Crippen LogP contribution in [0.1, 0.15) is 151 Å². The molecule has 75 heavy (non-hydrogen) atoms. The number of phosphoric ester groups is 1. The van der Waals surface area contributed by atoms with Gasteiger partial charge in [-0.3, -0.25) is 28.3 Å². The van der Waals surface area contributed by atoms with Gasteiger partial charge in [0.15, 0.2) is 6.10 Å². The number of aryl methyl sites for hydroxylation is 1. The molecule has 0 bridgehead atoms. The van der Waals surface area contributed by atoms with E-state index in [-0.39, 0.29) is 38.4 Å². The minimum atomic E-state index is -4.54. The summed E-state index contributed by atoms with van der Waals surface area (Å²) in [6.45, 7) is 4.12. The lowest BCUT2D eigenvalue weighted by Crippen LogP contribution is -2.37. The van der Waals surface area contributed by atoms with Gasteiger partial charge in [-0.2, -0.15) is 4.99 Å². The Hall–Kier alpha value is -5.72. The number of unbranched alkanes of at least 4 members (excludes halogenated alkanes) is 14. The van der Waals surface area contributed by atoms with E-state index < -0.39 is 51.1 Å². The Balaban J connectivity index is 1.33. The highest BCUT2D eigenvalue weighted by molar-refractivity contribution is 7.47. The lowest BCUT2D eigenvalue weighted by molar-refractivity contribution is -0.870. The SMILES string of the molecule is CCCCCCCCCCCCCCCCC(=O)OC(COC(=O)CCN(C(=O)c1ccc2c(c1)nc(CNc1ccc(/C(N)=N/C(=O)OCCCC)cc1)n2C)c1ccccn1)COP(=O)(O)OCC[N+](C)(C)C. The molecule has 0 saturated carbocycles. The summed E-state index contributed by atoms with van der Waals surface area (Å²) in [4.78, 5) is 77.4. The van der Waals surface area contributed by atoms with E-state index in [0.717, 1.165) is 43.3 Å². The number of benzene rings is 2. The summed E-state index contributed by atoms with van der Waals surface area (Å²) in [6, 6.07) is 17.4. The van der Waals surface area contributed by atoms with Crippen LogP contribution < -0.4 is 16.0 Å². The Morgan fingerprint density at radius 3 is 2.04 bits per heavy atom. The topological polar surface area (TPSA) is 236 Å². The molecule has 2 heterocycles. The molecule has 0 fully saturated rings. The average Bonchev–Trinajstić information content (AvgIpc) is 3.70. The fourth-order valence-corrected chi connectivity index (χ4v) is 8.64. The Morgan fingerprint density at radius 1 is 0.773 bits per heavy atom. The molecule has 2 aromatic heterocycles. The first kappa shape index (κ1) is 61.8. The van der Waals surface area contributed by atoms with Crippen molar-refractivity contribution in [3.8, 4) is 0 Å². The summed E-state index contributed by atoms with van der Waals surface area (Å²) >= 11 is 0.